The van der Waals surface area contributed by atoms with Crippen molar-refractivity contribution in [2.45, 2.75) is 49.9 Å². The largest absolute Gasteiger partial charge is 0.465 e. The second-order valence-corrected chi connectivity index (χ2v) is 10.5. The first-order valence-corrected chi connectivity index (χ1v) is 12.3. The SMILES string of the molecule is CC[C@H](C)NS(=O)(=O)c1sc2c(c1C(=O)OC)CCN(C(=O)Cc1c(F)cccc1F)C2. The summed E-state index contributed by atoms with van der Waals surface area (Å²) in [5.41, 5.74) is 0.189. The number of hydrogen-bond acceptors (Lipinski definition) is 6. The molecule has 1 aliphatic rings. The minimum absolute atomic E-state index is 0.0180. The van der Waals surface area contributed by atoms with Gasteiger partial charge in [-0.05, 0) is 37.5 Å². The van der Waals surface area contributed by atoms with Gasteiger partial charge in [0.2, 0.25) is 5.91 Å². The van der Waals surface area contributed by atoms with Gasteiger partial charge in [-0.15, -0.1) is 11.3 Å². The quantitative estimate of drug-likeness (QED) is 0.608. The van der Waals surface area contributed by atoms with E-state index in [-0.39, 0.29) is 40.9 Å². The lowest BCUT2D eigenvalue weighted by Crippen LogP contribution is -2.37. The van der Waals surface area contributed by atoms with E-state index in [2.05, 4.69) is 4.72 Å². The molecule has 2 heterocycles. The van der Waals surface area contributed by atoms with Crippen LogP contribution >= 0.6 is 11.3 Å². The molecule has 1 N–H and O–H groups in total. The molecule has 1 amide bonds. The summed E-state index contributed by atoms with van der Waals surface area (Å²) < 4.78 is 60.9. The van der Waals surface area contributed by atoms with E-state index in [1.54, 1.807) is 6.92 Å². The van der Waals surface area contributed by atoms with Crippen LogP contribution < -0.4 is 4.72 Å². The first-order valence-electron chi connectivity index (χ1n) is 10.0. The molecule has 11 heteroatoms. The topological polar surface area (TPSA) is 92.8 Å². The van der Waals surface area contributed by atoms with E-state index in [0.717, 1.165) is 23.5 Å². The number of nitrogens with zero attached hydrogens (tertiary/aromatic N) is 1. The standard InChI is InChI=1S/C21H24F2N2O5S2/c1-4-12(2)24-32(28,29)21-19(20(27)30-3)13-8-9-25(11-17(13)31-21)18(26)10-14-15(22)6-5-7-16(14)23/h5-7,12,24H,4,8-11H2,1-3H3/t12-/m0/s1. The molecule has 1 aromatic heterocycles. The van der Waals surface area contributed by atoms with E-state index in [4.69, 9.17) is 4.74 Å². The number of halogens is 2. The number of fused-ring (bicyclic) bond motifs is 1. The van der Waals surface area contributed by atoms with Crippen molar-refractivity contribution in [1.82, 2.24) is 9.62 Å². The van der Waals surface area contributed by atoms with Crippen LogP contribution in [0.5, 0.6) is 0 Å². The molecular weight excluding hydrogens is 462 g/mol. The molecule has 1 aliphatic heterocycles. The molecule has 0 saturated heterocycles. The van der Waals surface area contributed by atoms with Gasteiger partial charge in [-0.25, -0.2) is 26.7 Å². The van der Waals surface area contributed by atoms with Crippen LogP contribution in [0.25, 0.3) is 0 Å². The normalized spacial score (nSPS) is 14.7. The number of rotatable bonds is 7. The molecule has 2 aromatic rings. The lowest BCUT2D eigenvalue weighted by Gasteiger charge is -2.27. The number of thiophene rings is 1. The fourth-order valence-corrected chi connectivity index (χ4v) is 6.70. The van der Waals surface area contributed by atoms with E-state index in [9.17, 15) is 26.8 Å². The van der Waals surface area contributed by atoms with E-state index in [0.29, 0.717) is 16.9 Å². The number of sulfonamides is 1. The van der Waals surface area contributed by atoms with Crippen molar-refractivity contribution in [3.05, 3.63) is 51.4 Å². The molecule has 0 fully saturated rings. The molecule has 1 aromatic carbocycles. The Kier molecular flexibility index (Phi) is 7.31. The van der Waals surface area contributed by atoms with Crippen molar-refractivity contribution in [1.29, 1.82) is 0 Å². The summed E-state index contributed by atoms with van der Waals surface area (Å²) >= 11 is 0.905. The molecule has 0 radical (unpaired) electrons. The Labute approximate surface area is 189 Å². The van der Waals surface area contributed by atoms with Crippen LogP contribution in [-0.2, 0) is 38.9 Å². The summed E-state index contributed by atoms with van der Waals surface area (Å²) in [5, 5.41) is 0. The zero-order valence-corrected chi connectivity index (χ0v) is 19.5. The number of esters is 1. The third kappa shape index (κ3) is 4.84. The van der Waals surface area contributed by atoms with Crippen LogP contribution in [0.15, 0.2) is 22.4 Å². The van der Waals surface area contributed by atoms with Gasteiger partial charge in [0.25, 0.3) is 10.0 Å². The predicted octanol–water partition coefficient (Wildman–Crippen LogP) is 3.02. The smallest absolute Gasteiger partial charge is 0.340 e. The average molecular weight is 487 g/mol. The van der Waals surface area contributed by atoms with Gasteiger partial charge in [-0.3, -0.25) is 4.79 Å². The number of nitrogens with one attached hydrogen (secondary N) is 1. The van der Waals surface area contributed by atoms with E-state index >= 15 is 0 Å². The van der Waals surface area contributed by atoms with Gasteiger partial charge in [0.05, 0.1) is 25.6 Å². The second-order valence-electron chi connectivity index (χ2n) is 7.53. The number of hydrogen-bond donors (Lipinski definition) is 1. The monoisotopic (exact) mass is 486 g/mol. The van der Waals surface area contributed by atoms with E-state index in [1.165, 1.54) is 18.1 Å². The second kappa shape index (κ2) is 9.63. The number of benzene rings is 1. The van der Waals surface area contributed by atoms with Gasteiger partial charge in [-0.1, -0.05) is 13.0 Å². The molecule has 0 unspecified atom stereocenters. The van der Waals surface area contributed by atoms with Gasteiger partial charge >= 0.3 is 5.97 Å². The zero-order valence-electron chi connectivity index (χ0n) is 17.9. The van der Waals surface area contributed by atoms with Crippen molar-refractivity contribution in [3.8, 4) is 0 Å². The highest BCUT2D eigenvalue weighted by Crippen LogP contribution is 2.37. The van der Waals surface area contributed by atoms with Crippen LogP contribution in [-0.4, -0.2) is 44.9 Å². The maximum absolute atomic E-state index is 13.9. The Morgan fingerprint density at radius 2 is 1.94 bits per heavy atom. The third-order valence-electron chi connectivity index (χ3n) is 5.37. The van der Waals surface area contributed by atoms with Crippen LogP contribution in [0.2, 0.25) is 0 Å². The number of amides is 1. The summed E-state index contributed by atoms with van der Waals surface area (Å²) in [4.78, 5) is 27.1. The van der Waals surface area contributed by atoms with Gasteiger partial charge in [0, 0.05) is 23.0 Å². The molecule has 0 aliphatic carbocycles. The Morgan fingerprint density at radius 3 is 2.53 bits per heavy atom. The molecule has 174 valence electrons. The number of methoxy groups -OCH3 is 1. The molecule has 32 heavy (non-hydrogen) atoms. The Balaban J connectivity index is 1.91. The molecule has 1 atom stereocenters. The zero-order chi connectivity index (χ0) is 23.6. The highest BCUT2D eigenvalue weighted by Gasteiger charge is 2.35. The minimum atomic E-state index is -3.98. The Hall–Kier alpha value is -2.37. The first kappa shape index (κ1) is 24.3. The average Bonchev–Trinajstić information content (AvgIpc) is 3.15. The van der Waals surface area contributed by atoms with Crippen molar-refractivity contribution >= 4 is 33.2 Å². The number of carbonyl (C=O) groups is 2. The summed E-state index contributed by atoms with van der Waals surface area (Å²) in [6.45, 7) is 3.76. The van der Waals surface area contributed by atoms with Crippen LogP contribution in [0.3, 0.4) is 0 Å². The lowest BCUT2D eigenvalue weighted by molar-refractivity contribution is -0.131. The number of carbonyl (C=O) groups excluding carboxylic acids is 2. The minimum Gasteiger partial charge on any atom is -0.465 e. The van der Waals surface area contributed by atoms with Crippen molar-refractivity contribution < 1.29 is 31.5 Å². The van der Waals surface area contributed by atoms with Crippen LogP contribution in [0.1, 0.15) is 46.6 Å². The summed E-state index contributed by atoms with van der Waals surface area (Å²) in [6.07, 6.45) is 0.331. The molecular formula is C21H24F2N2O5S2. The fraction of sp³-hybridized carbons (Fsp3) is 0.429. The van der Waals surface area contributed by atoms with E-state index in [1.807, 2.05) is 6.92 Å². The maximum Gasteiger partial charge on any atom is 0.340 e. The van der Waals surface area contributed by atoms with Crippen molar-refractivity contribution in [3.63, 3.8) is 0 Å². The van der Waals surface area contributed by atoms with Crippen molar-refractivity contribution in [2.75, 3.05) is 13.7 Å². The number of ether oxygens (including phenoxy) is 1. The Morgan fingerprint density at radius 1 is 1.28 bits per heavy atom. The van der Waals surface area contributed by atoms with Gasteiger partial charge in [0.15, 0.2) is 0 Å². The third-order valence-corrected chi connectivity index (χ3v) is 8.69. The highest BCUT2D eigenvalue weighted by atomic mass is 32.2. The van der Waals surface area contributed by atoms with Crippen LogP contribution in [0.4, 0.5) is 8.78 Å². The summed E-state index contributed by atoms with van der Waals surface area (Å²) in [6, 6.07) is 3.06. The maximum atomic E-state index is 13.9. The predicted molar refractivity (Wildman–Crippen MR) is 115 cm³/mol. The molecule has 0 saturated carbocycles. The first-order chi connectivity index (χ1) is 15.1. The van der Waals surface area contributed by atoms with Gasteiger partial charge in [0.1, 0.15) is 15.8 Å². The molecule has 3 rings (SSSR count). The van der Waals surface area contributed by atoms with Gasteiger partial charge < -0.3 is 9.64 Å². The van der Waals surface area contributed by atoms with Crippen molar-refractivity contribution in [2.24, 2.45) is 0 Å². The molecule has 7 nitrogen and oxygen atoms in total. The van der Waals surface area contributed by atoms with Crippen LogP contribution in [0, 0.1) is 11.6 Å². The molecule has 0 spiro atoms. The summed E-state index contributed by atoms with van der Waals surface area (Å²) in [5.74, 6) is -2.86. The fourth-order valence-electron chi connectivity index (χ4n) is 3.46. The van der Waals surface area contributed by atoms with Gasteiger partial charge in [-0.2, -0.15) is 0 Å². The summed E-state index contributed by atoms with van der Waals surface area (Å²) in [7, 11) is -2.81. The lowest BCUT2D eigenvalue weighted by atomic mass is 10.0. The Bertz CT molecular complexity index is 1130. The molecule has 0 bridgehead atoms. The highest BCUT2D eigenvalue weighted by molar-refractivity contribution is 7.91. The van der Waals surface area contributed by atoms with E-state index < -0.39 is 40.0 Å².